The number of anilines is 1. The van der Waals surface area contributed by atoms with Crippen LogP contribution in [0.1, 0.15) is 39.8 Å². The number of aromatic nitrogens is 1. The van der Waals surface area contributed by atoms with Gasteiger partial charge in [0.15, 0.2) is 0 Å². The third-order valence-electron chi connectivity index (χ3n) is 3.51. The number of thioether (sulfide) groups is 1. The molecule has 5 heteroatoms. The molecule has 1 aliphatic heterocycles. The highest BCUT2D eigenvalue weighted by Crippen LogP contribution is 2.32. The molecule has 0 spiro atoms. The Bertz CT molecular complexity index is 417. The van der Waals surface area contributed by atoms with E-state index in [1.54, 1.807) is 6.26 Å². The summed E-state index contributed by atoms with van der Waals surface area (Å²) in [7, 11) is 0. The van der Waals surface area contributed by atoms with Crippen molar-refractivity contribution in [1.29, 1.82) is 0 Å². The van der Waals surface area contributed by atoms with Crippen molar-refractivity contribution >= 4 is 17.8 Å². The third-order valence-corrected chi connectivity index (χ3v) is 4.88. The van der Waals surface area contributed by atoms with Crippen molar-refractivity contribution in [3.05, 3.63) is 12.0 Å². The number of hydrogen-bond donors (Lipinski definition) is 1. The zero-order valence-electron chi connectivity index (χ0n) is 13.1. The molecule has 1 saturated heterocycles. The zero-order valence-corrected chi connectivity index (χ0v) is 13.9. The highest BCUT2D eigenvalue weighted by atomic mass is 32.2. The highest BCUT2D eigenvalue weighted by Gasteiger charge is 2.25. The van der Waals surface area contributed by atoms with Crippen LogP contribution in [-0.4, -0.2) is 35.1 Å². The molecule has 1 N–H and O–H groups in total. The molecule has 1 aromatic heterocycles. The Morgan fingerprint density at radius 2 is 2.25 bits per heavy atom. The molecule has 2 heterocycles. The minimum absolute atomic E-state index is 0.364. The van der Waals surface area contributed by atoms with E-state index in [1.807, 2.05) is 11.8 Å². The maximum Gasteiger partial charge on any atom is 0.297 e. The fraction of sp³-hybridized carbons (Fsp3) is 0.800. The molecule has 2 rings (SSSR count). The number of hydrogen-bond acceptors (Lipinski definition) is 5. The van der Waals surface area contributed by atoms with Gasteiger partial charge in [-0.1, -0.05) is 27.7 Å². The summed E-state index contributed by atoms with van der Waals surface area (Å²) in [5.41, 5.74) is 0.997. The van der Waals surface area contributed by atoms with E-state index < -0.39 is 0 Å². The summed E-state index contributed by atoms with van der Waals surface area (Å²) in [6.07, 6.45) is 2.95. The third kappa shape index (κ3) is 4.70. The lowest BCUT2D eigenvalue weighted by Crippen LogP contribution is -2.27. The topological polar surface area (TPSA) is 41.3 Å². The van der Waals surface area contributed by atoms with Gasteiger partial charge in [0.05, 0.1) is 5.69 Å². The van der Waals surface area contributed by atoms with E-state index in [-0.39, 0.29) is 0 Å². The van der Waals surface area contributed by atoms with E-state index in [4.69, 9.17) is 4.42 Å². The lowest BCUT2D eigenvalue weighted by Gasteiger charge is -2.21. The fourth-order valence-electron chi connectivity index (χ4n) is 2.22. The summed E-state index contributed by atoms with van der Waals surface area (Å²) in [4.78, 5) is 6.88. The first-order valence-electron chi connectivity index (χ1n) is 7.50. The van der Waals surface area contributed by atoms with Crippen LogP contribution in [-0.2, 0) is 6.54 Å². The molecule has 0 atom stereocenters. The van der Waals surface area contributed by atoms with Gasteiger partial charge in [-0.2, -0.15) is 16.7 Å². The Morgan fingerprint density at radius 1 is 1.45 bits per heavy atom. The van der Waals surface area contributed by atoms with Crippen molar-refractivity contribution < 1.29 is 4.42 Å². The SMILES string of the molecule is CC(C)CNCc1coc(N2CCSC(C)(C)CC2)n1. The van der Waals surface area contributed by atoms with Gasteiger partial charge in [0.2, 0.25) is 0 Å². The van der Waals surface area contributed by atoms with Crippen LogP contribution < -0.4 is 10.2 Å². The largest absolute Gasteiger partial charge is 0.432 e. The van der Waals surface area contributed by atoms with Crippen LogP contribution >= 0.6 is 11.8 Å². The van der Waals surface area contributed by atoms with Crippen LogP contribution in [0.4, 0.5) is 6.01 Å². The Morgan fingerprint density at radius 3 is 3.00 bits per heavy atom. The van der Waals surface area contributed by atoms with E-state index >= 15 is 0 Å². The molecule has 1 fully saturated rings. The summed E-state index contributed by atoms with van der Waals surface area (Å²) in [5.74, 6) is 1.79. The van der Waals surface area contributed by atoms with Gasteiger partial charge in [-0.25, -0.2) is 0 Å². The zero-order chi connectivity index (χ0) is 14.6. The Hall–Kier alpha value is -0.680. The predicted molar refractivity (Wildman–Crippen MR) is 86.4 cm³/mol. The normalized spacial score (nSPS) is 19.4. The molecule has 0 unspecified atom stereocenters. The lowest BCUT2D eigenvalue weighted by molar-refractivity contribution is 0.523. The van der Waals surface area contributed by atoms with Gasteiger partial charge in [-0.05, 0) is 18.9 Å². The average molecular weight is 297 g/mol. The maximum absolute atomic E-state index is 5.65. The minimum Gasteiger partial charge on any atom is -0.432 e. The fourth-order valence-corrected chi connectivity index (χ4v) is 3.32. The summed E-state index contributed by atoms with van der Waals surface area (Å²) in [6, 6.07) is 0.782. The Kier molecular flexibility index (Phi) is 5.38. The van der Waals surface area contributed by atoms with Crippen LogP contribution in [0.5, 0.6) is 0 Å². The Labute approximate surface area is 126 Å². The summed E-state index contributed by atoms with van der Waals surface area (Å²) in [6.45, 7) is 12.9. The number of rotatable bonds is 5. The van der Waals surface area contributed by atoms with Gasteiger partial charge in [0.25, 0.3) is 6.01 Å². The molecular weight excluding hydrogens is 270 g/mol. The van der Waals surface area contributed by atoms with E-state index in [1.165, 1.54) is 6.42 Å². The second-order valence-electron chi connectivity index (χ2n) is 6.49. The van der Waals surface area contributed by atoms with E-state index in [2.05, 4.69) is 42.9 Å². The molecule has 0 radical (unpaired) electrons. The van der Waals surface area contributed by atoms with Gasteiger partial charge >= 0.3 is 0 Å². The van der Waals surface area contributed by atoms with Crippen LogP contribution in [0.15, 0.2) is 10.7 Å². The van der Waals surface area contributed by atoms with E-state index in [0.29, 0.717) is 10.7 Å². The molecule has 0 bridgehead atoms. The maximum atomic E-state index is 5.65. The van der Waals surface area contributed by atoms with Crippen LogP contribution in [0.25, 0.3) is 0 Å². The first kappa shape index (κ1) is 15.7. The molecule has 0 aliphatic carbocycles. The van der Waals surface area contributed by atoms with E-state index in [9.17, 15) is 0 Å². The Balaban J connectivity index is 1.88. The highest BCUT2D eigenvalue weighted by molar-refractivity contribution is 8.00. The molecule has 4 nitrogen and oxygen atoms in total. The number of nitrogens with one attached hydrogen (secondary N) is 1. The molecule has 1 aliphatic rings. The minimum atomic E-state index is 0.364. The monoisotopic (exact) mass is 297 g/mol. The van der Waals surface area contributed by atoms with Crippen molar-refractivity contribution in [1.82, 2.24) is 10.3 Å². The molecule has 0 amide bonds. The standard InChI is InChI=1S/C15H27N3OS/c1-12(2)9-16-10-13-11-19-14(17-13)18-6-5-15(3,4)20-8-7-18/h11-12,16H,5-10H2,1-4H3. The number of oxazole rings is 1. The van der Waals surface area contributed by atoms with Crippen LogP contribution in [0.3, 0.4) is 0 Å². The summed E-state index contributed by atoms with van der Waals surface area (Å²) >= 11 is 2.04. The van der Waals surface area contributed by atoms with E-state index in [0.717, 1.165) is 43.6 Å². The average Bonchev–Trinajstić information content (AvgIpc) is 2.74. The molecule has 114 valence electrons. The smallest absolute Gasteiger partial charge is 0.297 e. The summed E-state index contributed by atoms with van der Waals surface area (Å²) in [5, 5.41) is 3.40. The predicted octanol–water partition coefficient (Wildman–Crippen LogP) is 3.14. The number of nitrogens with zero attached hydrogens (tertiary/aromatic N) is 2. The summed E-state index contributed by atoms with van der Waals surface area (Å²) < 4.78 is 6.02. The van der Waals surface area contributed by atoms with Crippen LogP contribution in [0.2, 0.25) is 0 Å². The van der Waals surface area contributed by atoms with Crippen molar-refractivity contribution in [3.8, 4) is 0 Å². The van der Waals surface area contributed by atoms with Gasteiger partial charge in [-0.15, -0.1) is 0 Å². The van der Waals surface area contributed by atoms with Crippen molar-refractivity contribution in [3.63, 3.8) is 0 Å². The quantitative estimate of drug-likeness (QED) is 0.904. The van der Waals surface area contributed by atoms with Gasteiger partial charge in [-0.3, -0.25) is 0 Å². The van der Waals surface area contributed by atoms with Gasteiger partial charge < -0.3 is 14.6 Å². The van der Waals surface area contributed by atoms with Gasteiger partial charge in [0.1, 0.15) is 6.26 Å². The van der Waals surface area contributed by atoms with Crippen molar-refractivity contribution in [2.75, 3.05) is 30.3 Å². The molecule has 20 heavy (non-hydrogen) atoms. The van der Waals surface area contributed by atoms with Gasteiger partial charge in [0, 0.05) is 30.1 Å². The second-order valence-corrected chi connectivity index (χ2v) is 8.29. The molecule has 0 saturated carbocycles. The first-order chi connectivity index (χ1) is 9.46. The molecular formula is C15H27N3OS. The lowest BCUT2D eigenvalue weighted by atomic mass is 10.1. The molecule has 0 aromatic carbocycles. The van der Waals surface area contributed by atoms with Crippen LogP contribution in [0, 0.1) is 5.92 Å². The first-order valence-corrected chi connectivity index (χ1v) is 8.49. The van der Waals surface area contributed by atoms with Crippen molar-refractivity contribution in [2.24, 2.45) is 5.92 Å². The second kappa shape index (κ2) is 6.85. The molecule has 1 aromatic rings. The van der Waals surface area contributed by atoms with Crippen molar-refractivity contribution in [2.45, 2.75) is 45.4 Å².